The highest BCUT2D eigenvalue weighted by Gasteiger charge is 2.25. The van der Waals surface area contributed by atoms with Gasteiger partial charge in [0, 0.05) is 37.9 Å². The Bertz CT molecular complexity index is 885. The fourth-order valence-electron chi connectivity index (χ4n) is 3.18. The molecule has 1 aliphatic heterocycles. The third kappa shape index (κ3) is 2.34. The average molecular weight is 328 g/mol. The Morgan fingerprint density at radius 1 is 1.17 bits per heavy atom. The van der Waals surface area contributed by atoms with Gasteiger partial charge in [-0.25, -0.2) is 0 Å². The van der Waals surface area contributed by atoms with E-state index >= 15 is 0 Å². The van der Waals surface area contributed by atoms with Crippen molar-refractivity contribution in [3.63, 3.8) is 0 Å². The van der Waals surface area contributed by atoms with Crippen LogP contribution in [0.25, 0.3) is 22.8 Å². The van der Waals surface area contributed by atoms with Crippen LogP contribution in [0, 0.1) is 13.8 Å². The fraction of sp³-hybridized carbons (Fsp3) is 0.500. The van der Waals surface area contributed by atoms with Crippen LogP contribution >= 0.6 is 0 Å². The molecule has 0 spiro atoms. The molecule has 0 unspecified atom stereocenters. The average Bonchev–Trinajstić information content (AvgIpc) is 3.28. The van der Waals surface area contributed by atoms with Crippen molar-refractivity contribution in [1.29, 1.82) is 0 Å². The lowest BCUT2D eigenvalue weighted by molar-refractivity contribution is 0.192. The van der Waals surface area contributed by atoms with Crippen molar-refractivity contribution in [3.05, 3.63) is 23.3 Å². The molecule has 4 heterocycles. The Morgan fingerprint density at radius 3 is 2.67 bits per heavy atom. The van der Waals surface area contributed by atoms with Crippen LogP contribution in [0.4, 0.5) is 0 Å². The van der Waals surface area contributed by atoms with E-state index in [4.69, 9.17) is 9.26 Å². The largest absolute Gasteiger partial charge is 0.381 e. The predicted molar refractivity (Wildman–Crippen MR) is 86.4 cm³/mol. The maximum Gasteiger partial charge on any atom is 0.276 e. The van der Waals surface area contributed by atoms with Crippen LogP contribution in [0.15, 0.2) is 10.6 Å². The van der Waals surface area contributed by atoms with Gasteiger partial charge < -0.3 is 9.26 Å². The van der Waals surface area contributed by atoms with E-state index < -0.39 is 0 Å². The summed E-state index contributed by atoms with van der Waals surface area (Å²) < 4.78 is 14.5. The molecule has 1 saturated heterocycles. The van der Waals surface area contributed by atoms with Gasteiger partial charge in [0.25, 0.3) is 5.89 Å². The zero-order chi connectivity index (χ0) is 16.8. The van der Waals surface area contributed by atoms with Gasteiger partial charge in [-0.3, -0.25) is 9.36 Å². The lowest BCUT2D eigenvalue weighted by Crippen LogP contribution is -2.00. The van der Waals surface area contributed by atoms with E-state index in [1.807, 2.05) is 38.7 Å². The molecule has 8 nitrogen and oxygen atoms in total. The topological polar surface area (TPSA) is 83.8 Å². The first-order valence-corrected chi connectivity index (χ1v) is 8.01. The molecule has 1 fully saturated rings. The first-order chi connectivity index (χ1) is 11.5. The normalized spacial score (nSPS) is 17.8. The molecule has 8 heteroatoms. The van der Waals surface area contributed by atoms with Crippen molar-refractivity contribution in [2.75, 3.05) is 13.2 Å². The predicted octanol–water partition coefficient (Wildman–Crippen LogP) is 1.99. The van der Waals surface area contributed by atoms with Gasteiger partial charge in [0.2, 0.25) is 0 Å². The van der Waals surface area contributed by atoms with Crippen molar-refractivity contribution in [3.8, 4) is 22.8 Å². The second-order valence-electron chi connectivity index (χ2n) is 6.23. The van der Waals surface area contributed by atoms with E-state index in [1.54, 1.807) is 4.68 Å². The molecule has 24 heavy (non-hydrogen) atoms. The van der Waals surface area contributed by atoms with Gasteiger partial charge in [-0.05, 0) is 26.3 Å². The summed E-state index contributed by atoms with van der Waals surface area (Å²) in [7, 11) is 3.81. The quantitative estimate of drug-likeness (QED) is 0.731. The fourth-order valence-corrected chi connectivity index (χ4v) is 3.18. The molecular weight excluding hydrogens is 308 g/mol. The molecule has 3 aromatic rings. The second-order valence-corrected chi connectivity index (χ2v) is 6.23. The van der Waals surface area contributed by atoms with E-state index in [9.17, 15) is 0 Å². The highest BCUT2D eigenvalue weighted by molar-refractivity contribution is 5.68. The molecule has 1 atom stereocenters. The Kier molecular flexibility index (Phi) is 3.49. The molecular formula is C16H20N6O2. The Balaban J connectivity index is 1.71. The van der Waals surface area contributed by atoms with Crippen LogP contribution in [-0.4, -0.2) is 42.9 Å². The summed E-state index contributed by atoms with van der Waals surface area (Å²) in [5.74, 6) is 1.41. The molecule has 0 saturated carbocycles. The summed E-state index contributed by atoms with van der Waals surface area (Å²) >= 11 is 0. The molecule has 0 amide bonds. The number of rotatable bonds is 3. The Labute approximate surface area is 139 Å². The van der Waals surface area contributed by atoms with Crippen LogP contribution in [0.3, 0.4) is 0 Å². The number of ether oxygens (including phenoxy) is 1. The minimum absolute atomic E-state index is 0.220. The zero-order valence-corrected chi connectivity index (χ0v) is 14.3. The lowest BCUT2D eigenvalue weighted by Gasteiger charge is -1.97. The van der Waals surface area contributed by atoms with Crippen molar-refractivity contribution < 1.29 is 9.26 Å². The van der Waals surface area contributed by atoms with Crippen molar-refractivity contribution in [2.24, 2.45) is 14.1 Å². The van der Waals surface area contributed by atoms with Gasteiger partial charge in [0.05, 0.1) is 18.0 Å². The SMILES string of the molecule is Cc1nn(C)c(C)c1-c1cc(-c2nc([C@H]3CCOC3)no2)n(C)n1. The third-order valence-electron chi connectivity index (χ3n) is 4.60. The maximum absolute atomic E-state index is 5.46. The monoisotopic (exact) mass is 328 g/mol. The standard InChI is InChI=1S/C16H20N6O2/c1-9-14(10(2)21(3)18-9)12-7-13(22(4)19-12)16-17-15(20-24-16)11-5-6-23-8-11/h7,11H,5-6,8H2,1-4H3/t11-/m0/s1. The van der Waals surface area contributed by atoms with Gasteiger partial charge in [0.15, 0.2) is 5.82 Å². The summed E-state index contributed by atoms with van der Waals surface area (Å²) in [5, 5.41) is 13.2. The van der Waals surface area contributed by atoms with Crippen LogP contribution in [0.5, 0.6) is 0 Å². The van der Waals surface area contributed by atoms with Gasteiger partial charge in [0.1, 0.15) is 5.69 Å². The zero-order valence-electron chi connectivity index (χ0n) is 14.3. The van der Waals surface area contributed by atoms with Gasteiger partial charge in [-0.1, -0.05) is 5.16 Å². The van der Waals surface area contributed by atoms with E-state index in [2.05, 4.69) is 20.3 Å². The third-order valence-corrected chi connectivity index (χ3v) is 4.60. The van der Waals surface area contributed by atoms with Crippen LogP contribution in [0.1, 0.15) is 29.6 Å². The minimum atomic E-state index is 0.220. The second kappa shape index (κ2) is 5.55. The number of hydrogen-bond acceptors (Lipinski definition) is 6. The molecule has 1 aliphatic rings. The first kappa shape index (κ1) is 15.1. The van der Waals surface area contributed by atoms with Crippen LogP contribution in [0.2, 0.25) is 0 Å². The molecule has 0 aliphatic carbocycles. The number of nitrogens with zero attached hydrogens (tertiary/aromatic N) is 6. The van der Waals surface area contributed by atoms with Crippen LogP contribution < -0.4 is 0 Å². The number of hydrogen-bond donors (Lipinski definition) is 0. The highest BCUT2D eigenvalue weighted by Crippen LogP contribution is 2.30. The summed E-state index contributed by atoms with van der Waals surface area (Å²) in [6, 6.07) is 1.97. The molecule has 0 bridgehead atoms. The van der Waals surface area contributed by atoms with Gasteiger partial charge >= 0.3 is 0 Å². The Hall–Kier alpha value is -2.48. The van der Waals surface area contributed by atoms with Crippen LogP contribution in [-0.2, 0) is 18.8 Å². The van der Waals surface area contributed by atoms with E-state index in [1.165, 1.54) is 0 Å². The molecule has 0 radical (unpaired) electrons. The molecule has 3 aromatic heterocycles. The summed E-state index contributed by atoms with van der Waals surface area (Å²) in [4.78, 5) is 4.54. The van der Waals surface area contributed by atoms with E-state index in [0.717, 1.165) is 41.4 Å². The maximum atomic E-state index is 5.46. The molecule has 126 valence electrons. The van der Waals surface area contributed by atoms with E-state index in [0.29, 0.717) is 18.3 Å². The minimum Gasteiger partial charge on any atom is -0.381 e. The van der Waals surface area contributed by atoms with Crippen molar-refractivity contribution in [1.82, 2.24) is 29.7 Å². The highest BCUT2D eigenvalue weighted by atomic mass is 16.5. The smallest absolute Gasteiger partial charge is 0.276 e. The van der Waals surface area contributed by atoms with Gasteiger partial charge in [-0.15, -0.1) is 0 Å². The Morgan fingerprint density at radius 2 is 2.00 bits per heavy atom. The van der Waals surface area contributed by atoms with Crippen molar-refractivity contribution in [2.45, 2.75) is 26.2 Å². The molecule has 0 N–H and O–H groups in total. The summed E-state index contributed by atoms with van der Waals surface area (Å²) in [6.07, 6.45) is 0.934. The van der Waals surface area contributed by atoms with Crippen molar-refractivity contribution >= 4 is 0 Å². The molecule has 0 aromatic carbocycles. The lowest BCUT2D eigenvalue weighted by atomic mass is 10.1. The first-order valence-electron chi connectivity index (χ1n) is 8.01. The summed E-state index contributed by atoms with van der Waals surface area (Å²) in [5.41, 5.74) is 4.73. The van der Waals surface area contributed by atoms with Gasteiger partial charge in [-0.2, -0.15) is 15.2 Å². The number of aromatic nitrogens is 6. The summed E-state index contributed by atoms with van der Waals surface area (Å²) in [6.45, 7) is 5.43. The van der Waals surface area contributed by atoms with E-state index in [-0.39, 0.29) is 5.92 Å². The molecule has 4 rings (SSSR count). The number of aryl methyl sites for hydroxylation is 3.